The second-order valence-electron chi connectivity index (χ2n) is 7.98. The smallest absolute Gasteiger partial charge is 0.219 e. The second-order valence-corrected chi connectivity index (χ2v) is 7.98. The highest BCUT2D eigenvalue weighted by Gasteiger charge is 2.23. The molecular formula is C23H28ClN7O2. The van der Waals surface area contributed by atoms with Gasteiger partial charge in [0.25, 0.3) is 0 Å². The van der Waals surface area contributed by atoms with Crippen molar-refractivity contribution in [3.05, 3.63) is 54.4 Å². The number of nitrogens with one attached hydrogen (secondary N) is 1. The Kier molecular flexibility index (Phi) is 7.12. The van der Waals surface area contributed by atoms with Gasteiger partial charge in [-0.3, -0.25) is 14.6 Å². The first-order chi connectivity index (χ1) is 15.7. The lowest BCUT2D eigenvalue weighted by Gasteiger charge is -2.28. The van der Waals surface area contributed by atoms with E-state index in [0.717, 1.165) is 29.4 Å². The quantitative estimate of drug-likeness (QED) is 0.485. The van der Waals surface area contributed by atoms with Crippen LogP contribution in [0.2, 0.25) is 0 Å². The fourth-order valence-electron chi connectivity index (χ4n) is 3.80. The van der Waals surface area contributed by atoms with Crippen LogP contribution in [0.3, 0.4) is 0 Å². The fourth-order valence-corrected chi connectivity index (χ4v) is 3.80. The monoisotopic (exact) mass is 469 g/mol. The average molecular weight is 470 g/mol. The van der Waals surface area contributed by atoms with E-state index < -0.39 is 6.17 Å². The van der Waals surface area contributed by atoms with Gasteiger partial charge in [-0.2, -0.15) is 5.10 Å². The van der Waals surface area contributed by atoms with E-state index in [2.05, 4.69) is 20.4 Å². The molecule has 1 saturated carbocycles. The van der Waals surface area contributed by atoms with Crippen molar-refractivity contribution < 1.29 is 9.47 Å². The van der Waals surface area contributed by atoms with Crippen LogP contribution in [0.25, 0.3) is 0 Å². The van der Waals surface area contributed by atoms with Crippen molar-refractivity contribution in [2.75, 3.05) is 18.1 Å². The van der Waals surface area contributed by atoms with Gasteiger partial charge in [-0.1, -0.05) is 6.42 Å². The summed E-state index contributed by atoms with van der Waals surface area (Å²) in [5, 5.41) is 7.72. The molecule has 9 nitrogen and oxygen atoms in total. The Balaban J connectivity index is 0.00000259. The minimum Gasteiger partial charge on any atom is -0.491 e. The van der Waals surface area contributed by atoms with Crippen LogP contribution in [0.5, 0.6) is 17.4 Å². The van der Waals surface area contributed by atoms with E-state index >= 15 is 0 Å². The van der Waals surface area contributed by atoms with Crippen molar-refractivity contribution in [1.29, 1.82) is 0 Å². The number of aryl methyl sites for hydroxylation is 1. The third-order valence-corrected chi connectivity index (χ3v) is 5.80. The molecule has 5 rings (SSSR count). The van der Waals surface area contributed by atoms with Crippen molar-refractivity contribution in [2.45, 2.75) is 31.5 Å². The molecule has 0 radical (unpaired) electrons. The van der Waals surface area contributed by atoms with Crippen molar-refractivity contribution in [3.8, 4) is 17.4 Å². The van der Waals surface area contributed by atoms with E-state index in [4.69, 9.17) is 15.2 Å². The van der Waals surface area contributed by atoms with Crippen LogP contribution < -0.4 is 25.4 Å². The van der Waals surface area contributed by atoms with Crippen molar-refractivity contribution in [3.63, 3.8) is 0 Å². The molecule has 174 valence electrons. The van der Waals surface area contributed by atoms with Crippen LogP contribution in [-0.4, -0.2) is 40.3 Å². The van der Waals surface area contributed by atoms with E-state index in [1.54, 1.807) is 29.5 Å². The van der Waals surface area contributed by atoms with E-state index in [9.17, 15) is 0 Å². The van der Waals surface area contributed by atoms with Gasteiger partial charge in [0.05, 0.1) is 24.4 Å². The number of hydrogen-bond donors (Lipinski definition) is 2. The first kappa shape index (κ1) is 23.0. The van der Waals surface area contributed by atoms with Crippen molar-refractivity contribution >= 4 is 30.3 Å². The Morgan fingerprint density at radius 2 is 2.00 bits per heavy atom. The Hall–Kier alpha value is -3.14. The number of aliphatic imine (C=N–C) groups is 1. The van der Waals surface area contributed by atoms with Gasteiger partial charge in [0.15, 0.2) is 0 Å². The molecule has 2 aliphatic rings. The molecule has 2 aromatic heterocycles. The molecule has 1 fully saturated rings. The van der Waals surface area contributed by atoms with Crippen LogP contribution in [-0.2, 0) is 7.05 Å². The summed E-state index contributed by atoms with van der Waals surface area (Å²) in [6.07, 6.45) is 8.57. The van der Waals surface area contributed by atoms with Gasteiger partial charge in [-0.05, 0) is 37.1 Å². The minimum atomic E-state index is -0.463. The Morgan fingerprint density at radius 3 is 2.70 bits per heavy atom. The number of halogens is 1. The molecule has 3 heterocycles. The summed E-state index contributed by atoms with van der Waals surface area (Å²) in [6.45, 7) is 1.46. The summed E-state index contributed by atoms with van der Waals surface area (Å²) in [6, 6.07) is 12.0. The predicted octanol–water partition coefficient (Wildman–Crippen LogP) is 3.69. The highest BCUT2D eigenvalue weighted by Crippen LogP contribution is 2.37. The highest BCUT2D eigenvalue weighted by atomic mass is 35.5. The zero-order valence-corrected chi connectivity index (χ0v) is 19.2. The molecule has 10 heteroatoms. The van der Waals surface area contributed by atoms with Crippen molar-refractivity contribution in [1.82, 2.24) is 20.1 Å². The number of rotatable bonds is 8. The summed E-state index contributed by atoms with van der Waals surface area (Å²) >= 11 is 0. The maximum atomic E-state index is 6.23. The van der Waals surface area contributed by atoms with Crippen LogP contribution >= 0.6 is 12.4 Å². The number of pyridine rings is 1. The largest absolute Gasteiger partial charge is 0.491 e. The van der Waals surface area contributed by atoms with Gasteiger partial charge in [-0.15, -0.1) is 12.4 Å². The Morgan fingerprint density at radius 1 is 1.15 bits per heavy atom. The van der Waals surface area contributed by atoms with E-state index in [0.29, 0.717) is 24.3 Å². The van der Waals surface area contributed by atoms with Gasteiger partial charge >= 0.3 is 0 Å². The first-order valence-corrected chi connectivity index (χ1v) is 10.9. The van der Waals surface area contributed by atoms with Gasteiger partial charge in [0, 0.05) is 37.3 Å². The molecule has 1 aliphatic heterocycles. The molecule has 3 N–H and O–H groups in total. The first-order valence-electron chi connectivity index (χ1n) is 10.9. The third-order valence-electron chi connectivity index (χ3n) is 5.80. The van der Waals surface area contributed by atoms with Gasteiger partial charge < -0.3 is 20.5 Å². The van der Waals surface area contributed by atoms with E-state index in [1.807, 2.05) is 42.3 Å². The topological polar surface area (TPSA) is 103 Å². The molecule has 3 aromatic rings. The molecule has 0 bridgehead atoms. The Labute approximate surface area is 199 Å². The molecule has 0 amide bonds. The fraction of sp³-hybridized carbons (Fsp3) is 0.348. The SMILES string of the molecule is Cl.Cn1nccc1N1C=NC(N)c2cc(Oc3ccc(OCCNC4CCC4)cn3)ccc21. The van der Waals surface area contributed by atoms with Gasteiger partial charge in [0.2, 0.25) is 5.88 Å². The number of fused-ring (bicyclic) bond motifs is 1. The predicted molar refractivity (Wildman–Crippen MR) is 130 cm³/mol. The minimum absolute atomic E-state index is 0. The molecule has 33 heavy (non-hydrogen) atoms. The number of aromatic nitrogens is 3. The zero-order valence-electron chi connectivity index (χ0n) is 18.4. The maximum Gasteiger partial charge on any atom is 0.219 e. The van der Waals surface area contributed by atoms with E-state index in [-0.39, 0.29) is 12.4 Å². The summed E-state index contributed by atoms with van der Waals surface area (Å²) < 4.78 is 13.5. The number of ether oxygens (including phenoxy) is 2. The molecule has 1 unspecified atom stereocenters. The maximum absolute atomic E-state index is 6.23. The summed E-state index contributed by atoms with van der Waals surface area (Å²) in [4.78, 5) is 10.7. The number of benzene rings is 1. The highest BCUT2D eigenvalue weighted by molar-refractivity contribution is 5.91. The molecule has 1 aliphatic carbocycles. The Bertz CT molecular complexity index is 1100. The number of nitrogens with two attached hydrogens (primary N) is 1. The number of anilines is 2. The second kappa shape index (κ2) is 10.2. The zero-order chi connectivity index (χ0) is 21.9. The molecule has 1 atom stereocenters. The van der Waals surface area contributed by atoms with Gasteiger partial charge in [-0.25, -0.2) is 4.98 Å². The van der Waals surface area contributed by atoms with Gasteiger partial charge in [0.1, 0.15) is 30.1 Å². The summed E-state index contributed by atoms with van der Waals surface area (Å²) in [5.74, 6) is 2.76. The molecule has 0 saturated heterocycles. The number of hydrogen-bond acceptors (Lipinski definition) is 8. The lowest BCUT2D eigenvalue weighted by Crippen LogP contribution is -2.37. The van der Waals surface area contributed by atoms with Crippen LogP contribution in [0.1, 0.15) is 31.0 Å². The van der Waals surface area contributed by atoms with E-state index in [1.165, 1.54) is 19.3 Å². The summed E-state index contributed by atoms with van der Waals surface area (Å²) in [5.41, 5.74) is 8.04. The standard InChI is InChI=1S/C23H27N7O2.ClH/c1-29-22(9-10-28-29)30-15-27-23(24)19-13-17(5-7-20(19)30)32-21-8-6-18(14-26-21)31-12-11-25-16-3-2-4-16;/h5-10,13-16,23,25H,2-4,11-12,24H2,1H3;1H. The van der Waals surface area contributed by atoms with Crippen LogP contribution in [0.4, 0.5) is 11.5 Å². The lowest BCUT2D eigenvalue weighted by molar-refractivity contribution is 0.275. The van der Waals surface area contributed by atoms with Crippen LogP contribution in [0.15, 0.2) is 53.8 Å². The molecule has 1 aromatic carbocycles. The number of nitrogens with zero attached hydrogens (tertiary/aromatic N) is 5. The van der Waals surface area contributed by atoms with Crippen LogP contribution in [0, 0.1) is 0 Å². The van der Waals surface area contributed by atoms with Crippen molar-refractivity contribution in [2.24, 2.45) is 17.8 Å². The summed E-state index contributed by atoms with van der Waals surface area (Å²) in [7, 11) is 1.89. The average Bonchev–Trinajstić information content (AvgIpc) is 3.20. The molecular weight excluding hydrogens is 442 g/mol. The normalized spacial score (nSPS) is 17.2. The molecule has 0 spiro atoms. The third kappa shape index (κ3) is 5.11. The lowest BCUT2D eigenvalue weighted by atomic mass is 9.93.